The first kappa shape index (κ1) is 22.6. The number of rotatable bonds is 5. The number of anilines is 1. The van der Waals surface area contributed by atoms with E-state index in [1.54, 1.807) is 10.9 Å². The summed E-state index contributed by atoms with van der Waals surface area (Å²) in [5, 5.41) is 5.11. The van der Waals surface area contributed by atoms with E-state index >= 15 is 0 Å². The lowest BCUT2D eigenvalue weighted by Crippen LogP contribution is -2.51. The number of benzene rings is 2. The van der Waals surface area contributed by atoms with Crippen LogP contribution in [0.5, 0.6) is 0 Å². The molecule has 3 aromatic rings. The summed E-state index contributed by atoms with van der Waals surface area (Å²) in [7, 11) is 0. The number of halogens is 1. The fourth-order valence-corrected chi connectivity index (χ4v) is 5.06. The van der Waals surface area contributed by atoms with Crippen LogP contribution in [-0.2, 0) is 17.6 Å². The van der Waals surface area contributed by atoms with Crippen LogP contribution in [0.4, 0.5) is 5.69 Å². The van der Waals surface area contributed by atoms with E-state index < -0.39 is 0 Å². The molecule has 2 aliphatic rings. The first-order valence-corrected chi connectivity index (χ1v) is 12.2. The Morgan fingerprint density at radius 2 is 1.79 bits per heavy atom. The Kier molecular flexibility index (Phi) is 6.39. The molecule has 1 fully saturated rings. The Hall–Kier alpha value is -3.16. The molecule has 0 saturated carbocycles. The number of carbonyl (C=O) groups excluding carboxylic acids is 2. The van der Waals surface area contributed by atoms with Crippen LogP contribution < -0.4 is 4.90 Å². The van der Waals surface area contributed by atoms with Gasteiger partial charge in [0.05, 0.1) is 29.7 Å². The molecule has 1 saturated heterocycles. The maximum atomic E-state index is 13.3. The molecular formula is C26H28ClN5O2. The predicted octanol–water partition coefficient (Wildman–Crippen LogP) is 3.44. The molecule has 34 heavy (non-hydrogen) atoms. The number of carbonyl (C=O) groups is 2. The zero-order chi connectivity index (χ0) is 23.7. The van der Waals surface area contributed by atoms with Gasteiger partial charge in [-0.3, -0.25) is 14.5 Å². The molecule has 0 N–H and O–H groups in total. The molecule has 0 atom stereocenters. The van der Waals surface area contributed by atoms with Gasteiger partial charge >= 0.3 is 0 Å². The van der Waals surface area contributed by atoms with Gasteiger partial charge in [0.1, 0.15) is 0 Å². The van der Waals surface area contributed by atoms with Crippen LogP contribution in [0.3, 0.4) is 0 Å². The quantitative estimate of drug-likeness (QED) is 0.565. The summed E-state index contributed by atoms with van der Waals surface area (Å²) in [6.07, 6.45) is 3.25. The summed E-state index contributed by atoms with van der Waals surface area (Å²) in [5.41, 5.74) is 4.61. The molecule has 8 heteroatoms. The second kappa shape index (κ2) is 9.60. The van der Waals surface area contributed by atoms with Crippen LogP contribution in [0.15, 0.2) is 54.7 Å². The normalized spacial score (nSPS) is 16.1. The number of nitrogens with zero attached hydrogens (tertiary/aromatic N) is 5. The van der Waals surface area contributed by atoms with Crippen molar-refractivity contribution >= 4 is 29.1 Å². The molecular weight excluding hydrogens is 450 g/mol. The smallest absolute Gasteiger partial charge is 0.257 e. The second-order valence-corrected chi connectivity index (χ2v) is 9.18. The standard InChI is InChI=1S/C26H28ClN5O2/c1-2-23-22(17-28-32(23)21-8-5-7-20(27)16-21)26(34)30-14-12-29(13-15-30)18-25(33)31-11-10-19-6-3-4-9-24(19)31/h3-9,16-17H,2,10-15,18H2,1H3. The number of piperazine rings is 1. The van der Waals surface area contributed by atoms with Gasteiger partial charge in [-0.05, 0) is 42.7 Å². The Balaban J connectivity index is 1.22. The number of aromatic nitrogens is 2. The maximum Gasteiger partial charge on any atom is 0.257 e. The van der Waals surface area contributed by atoms with Crippen molar-refractivity contribution in [2.75, 3.05) is 44.2 Å². The average molecular weight is 478 g/mol. The van der Waals surface area contributed by atoms with E-state index in [-0.39, 0.29) is 11.8 Å². The van der Waals surface area contributed by atoms with Gasteiger partial charge in [0.25, 0.3) is 5.91 Å². The SMILES string of the molecule is CCc1c(C(=O)N2CCN(CC(=O)N3CCc4ccccc43)CC2)cnn1-c1cccc(Cl)c1. The van der Waals surface area contributed by atoms with Crippen molar-refractivity contribution in [2.45, 2.75) is 19.8 Å². The van der Waals surface area contributed by atoms with Gasteiger partial charge in [-0.1, -0.05) is 42.8 Å². The fraction of sp³-hybridized carbons (Fsp3) is 0.346. The molecule has 2 aliphatic heterocycles. The van der Waals surface area contributed by atoms with E-state index in [0.717, 1.165) is 30.0 Å². The highest BCUT2D eigenvalue weighted by Crippen LogP contribution is 2.27. The lowest BCUT2D eigenvalue weighted by molar-refractivity contribution is -0.120. The van der Waals surface area contributed by atoms with Gasteiger partial charge in [-0.15, -0.1) is 0 Å². The Morgan fingerprint density at radius 3 is 2.56 bits per heavy atom. The van der Waals surface area contributed by atoms with Crippen molar-refractivity contribution in [3.05, 3.63) is 76.6 Å². The molecule has 0 radical (unpaired) electrons. The molecule has 3 heterocycles. The Bertz CT molecular complexity index is 1220. The molecule has 7 nitrogen and oxygen atoms in total. The summed E-state index contributed by atoms with van der Waals surface area (Å²) in [6.45, 7) is 5.68. The van der Waals surface area contributed by atoms with Crippen LogP contribution in [-0.4, -0.2) is 70.7 Å². The van der Waals surface area contributed by atoms with E-state index in [2.05, 4.69) is 16.1 Å². The molecule has 2 aromatic carbocycles. The first-order chi connectivity index (χ1) is 16.5. The van der Waals surface area contributed by atoms with Crippen LogP contribution >= 0.6 is 11.6 Å². The minimum Gasteiger partial charge on any atom is -0.336 e. The van der Waals surface area contributed by atoms with Gasteiger partial charge in [0.2, 0.25) is 5.91 Å². The molecule has 0 spiro atoms. The molecule has 0 unspecified atom stereocenters. The minimum absolute atomic E-state index is 0.00965. The number of fused-ring (bicyclic) bond motifs is 1. The Labute approximate surface area is 204 Å². The molecule has 176 valence electrons. The van der Waals surface area contributed by atoms with Gasteiger partial charge in [-0.2, -0.15) is 5.10 Å². The summed E-state index contributed by atoms with van der Waals surface area (Å²) in [6, 6.07) is 15.6. The largest absolute Gasteiger partial charge is 0.336 e. The summed E-state index contributed by atoms with van der Waals surface area (Å²) < 4.78 is 1.79. The minimum atomic E-state index is -0.00965. The highest BCUT2D eigenvalue weighted by atomic mass is 35.5. The number of hydrogen-bond donors (Lipinski definition) is 0. The number of hydrogen-bond acceptors (Lipinski definition) is 4. The van der Waals surface area contributed by atoms with E-state index in [1.807, 2.05) is 59.2 Å². The maximum absolute atomic E-state index is 13.3. The van der Waals surface area contributed by atoms with Crippen LogP contribution in [0, 0.1) is 0 Å². The van der Waals surface area contributed by atoms with Crippen molar-refractivity contribution in [1.82, 2.24) is 19.6 Å². The highest BCUT2D eigenvalue weighted by Gasteiger charge is 2.29. The van der Waals surface area contributed by atoms with E-state index in [0.29, 0.717) is 49.7 Å². The van der Waals surface area contributed by atoms with Crippen molar-refractivity contribution in [2.24, 2.45) is 0 Å². The van der Waals surface area contributed by atoms with Gasteiger partial charge in [-0.25, -0.2) is 4.68 Å². The van der Waals surface area contributed by atoms with Gasteiger partial charge < -0.3 is 9.80 Å². The molecule has 5 rings (SSSR count). The van der Waals surface area contributed by atoms with Crippen molar-refractivity contribution < 1.29 is 9.59 Å². The summed E-state index contributed by atoms with van der Waals surface area (Å²) in [5.74, 6) is 0.116. The predicted molar refractivity (Wildman–Crippen MR) is 133 cm³/mol. The van der Waals surface area contributed by atoms with Crippen LogP contribution in [0.25, 0.3) is 5.69 Å². The third-order valence-electron chi connectivity index (χ3n) is 6.69. The van der Waals surface area contributed by atoms with Crippen molar-refractivity contribution in [1.29, 1.82) is 0 Å². The lowest BCUT2D eigenvalue weighted by Gasteiger charge is -2.35. The van der Waals surface area contributed by atoms with Crippen LogP contribution in [0.2, 0.25) is 5.02 Å². The zero-order valence-corrected chi connectivity index (χ0v) is 20.0. The molecule has 1 aromatic heterocycles. The highest BCUT2D eigenvalue weighted by molar-refractivity contribution is 6.30. The monoisotopic (exact) mass is 477 g/mol. The van der Waals surface area contributed by atoms with Crippen LogP contribution in [0.1, 0.15) is 28.5 Å². The van der Waals surface area contributed by atoms with E-state index in [1.165, 1.54) is 5.56 Å². The average Bonchev–Trinajstić information content (AvgIpc) is 3.48. The van der Waals surface area contributed by atoms with Gasteiger partial charge in [0.15, 0.2) is 0 Å². The third kappa shape index (κ3) is 4.33. The summed E-state index contributed by atoms with van der Waals surface area (Å²) in [4.78, 5) is 32.2. The van der Waals surface area contributed by atoms with Crippen molar-refractivity contribution in [3.63, 3.8) is 0 Å². The van der Waals surface area contributed by atoms with E-state index in [9.17, 15) is 9.59 Å². The topological polar surface area (TPSA) is 61.7 Å². The van der Waals surface area contributed by atoms with Crippen molar-refractivity contribution in [3.8, 4) is 5.69 Å². The van der Waals surface area contributed by atoms with Gasteiger partial charge in [0, 0.05) is 43.4 Å². The second-order valence-electron chi connectivity index (χ2n) is 8.74. The zero-order valence-electron chi connectivity index (χ0n) is 19.3. The number of para-hydroxylation sites is 1. The summed E-state index contributed by atoms with van der Waals surface area (Å²) >= 11 is 6.15. The molecule has 0 aliphatic carbocycles. The lowest BCUT2D eigenvalue weighted by atomic mass is 10.1. The molecule has 0 bridgehead atoms. The van der Waals surface area contributed by atoms with E-state index in [4.69, 9.17) is 11.6 Å². The number of amides is 2. The third-order valence-corrected chi connectivity index (χ3v) is 6.93. The fourth-order valence-electron chi connectivity index (χ4n) is 4.88. The first-order valence-electron chi connectivity index (χ1n) is 11.8. The molecule has 2 amide bonds. The Morgan fingerprint density at radius 1 is 1.00 bits per heavy atom.